The van der Waals surface area contributed by atoms with Crippen molar-refractivity contribution in [2.75, 3.05) is 5.73 Å². The molecule has 94 valence electrons. The van der Waals surface area contributed by atoms with Crippen molar-refractivity contribution < 1.29 is 4.74 Å². The summed E-state index contributed by atoms with van der Waals surface area (Å²) in [5.41, 5.74) is 8.61. The zero-order valence-electron chi connectivity index (χ0n) is 10.2. The Morgan fingerprint density at radius 1 is 1.44 bits per heavy atom. The minimum Gasteiger partial charge on any atom is -0.390 e. The van der Waals surface area contributed by atoms with Gasteiger partial charge in [-0.15, -0.1) is 0 Å². The number of fused-ring (bicyclic) bond motifs is 2. The van der Waals surface area contributed by atoms with Crippen molar-refractivity contribution >= 4 is 39.6 Å². The van der Waals surface area contributed by atoms with Crippen LogP contribution in [0.25, 0.3) is 11.0 Å². The third kappa shape index (κ3) is 2.00. The Balaban J connectivity index is 2.25. The molecule has 0 fully saturated rings. The second-order valence-electron chi connectivity index (χ2n) is 5.03. The van der Waals surface area contributed by atoms with Crippen LogP contribution in [-0.4, -0.2) is 15.6 Å². The van der Waals surface area contributed by atoms with Crippen LogP contribution in [0.1, 0.15) is 25.1 Å². The second kappa shape index (κ2) is 3.94. The molecule has 0 radical (unpaired) electrons. The number of hydrogen-bond donors (Lipinski definition) is 1. The molecule has 2 aromatic rings. The fraction of sp³-hybridized carbons (Fsp3) is 0.417. The minimum absolute atomic E-state index is 0.147. The number of anilines is 1. The quantitative estimate of drug-likeness (QED) is 0.751. The fourth-order valence-corrected chi connectivity index (χ4v) is 3.09. The molecule has 0 bridgehead atoms. The highest BCUT2D eigenvalue weighted by Gasteiger charge is 2.27. The first-order valence-corrected chi connectivity index (χ1v) is 6.90. The van der Waals surface area contributed by atoms with Gasteiger partial charge in [0.05, 0.1) is 28.3 Å². The van der Waals surface area contributed by atoms with Crippen LogP contribution in [0.2, 0.25) is 0 Å². The first-order chi connectivity index (χ1) is 8.44. The smallest absolute Gasteiger partial charge is 0.184 e. The van der Waals surface area contributed by atoms with E-state index in [2.05, 4.69) is 29.9 Å². The fourth-order valence-electron chi connectivity index (χ4n) is 2.16. The number of aromatic nitrogens is 2. The highest BCUT2D eigenvalue weighted by molar-refractivity contribution is 7.73. The number of nitrogen functional groups attached to an aromatic ring is 1. The van der Waals surface area contributed by atoms with Gasteiger partial charge in [0.25, 0.3) is 0 Å². The van der Waals surface area contributed by atoms with Crippen molar-refractivity contribution in [2.45, 2.75) is 32.5 Å². The van der Waals surface area contributed by atoms with Crippen LogP contribution >= 0.6 is 23.6 Å². The zero-order valence-corrected chi connectivity index (χ0v) is 11.8. The van der Waals surface area contributed by atoms with Crippen LogP contribution in [0, 0.1) is 3.95 Å². The summed E-state index contributed by atoms with van der Waals surface area (Å²) in [6, 6.07) is 2.08. The first-order valence-electron chi connectivity index (χ1n) is 5.68. The van der Waals surface area contributed by atoms with Gasteiger partial charge in [-0.3, -0.25) is 0 Å². The SMILES string of the molecule is CC1(C)Cc2cc3c(N)sc(=S)nc3nc2CO1. The number of rotatable bonds is 0. The van der Waals surface area contributed by atoms with E-state index in [9.17, 15) is 0 Å². The second-order valence-corrected chi connectivity index (χ2v) is 6.71. The maximum absolute atomic E-state index is 6.00. The number of pyridine rings is 1. The van der Waals surface area contributed by atoms with E-state index in [1.165, 1.54) is 16.9 Å². The summed E-state index contributed by atoms with van der Waals surface area (Å²) in [6.07, 6.45) is 0.838. The lowest BCUT2D eigenvalue weighted by Gasteiger charge is -2.31. The normalized spacial score (nSPS) is 17.7. The molecule has 4 nitrogen and oxygen atoms in total. The number of nitrogens with zero attached hydrogens (tertiary/aromatic N) is 2. The molecule has 0 saturated carbocycles. The van der Waals surface area contributed by atoms with Crippen molar-refractivity contribution in [2.24, 2.45) is 0 Å². The lowest BCUT2D eigenvalue weighted by atomic mass is 9.94. The van der Waals surface area contributed by atoms with Gasteiger partial charge in [-0.05, 0) is 37.7 Å². The molecule has 2 N–H and O–H groups in total. The van der Waals surface area contributed by atoms with Crippen LogP contribution in [0.5, 0.6) is 0 Å². The molecule has 2 aromatic heterocycles. The van der Waals surface area contributed by atoms with Gasteiger partial charge in [-0.2, -0.15) is 0 Å². The van der Waals surface area contributed by atoms with Crippen molar-refractivity contribution in [1.29, 1.82) is 0 Å². The topological polar surface area (TPSA) is 61.0 Å². The van der Waals surface area contributed by atoms with E-state index >= 15 is 0 Å². The van der Waals surface area contributed by atoms with Crippen molar-refractivity contribution in [1.82, 2.24) is 9.97 Å². The molecule has 0 amide bonds. The van der Waals surface area contributed by atoms with E-state index in [4.69, 9.17) is 22.7 Å². The van der Waals surface area contributed by atoms with Crippen molar-refractivity contribution in [3.05, 3.63) is 21.3 Å². The van der Waals surface area contributed by atoms with E-state index in [0.717, 1.165) is 17.5 Å². The Labute approximate surface area is 114 Å². The predicted molar refractivity (Wildman–Crippen MR) is 75.2 cm³/mol. The Morgan fingerprint density at radius 2 is 2.22 bits per heavy atom. The number of ether oxygens (including phenoxy) is 1. The third-order valence-corrected chi connectivity index (χ3v) is 4.09. The lowest BCUT2D eigenvalue weighted by Crippen LogP contribution is -2.32. The van der Waals surface area contributed by atoms with Gasteiger partial charge in [-0.25, -0.2) is 9.97 Å². The number of hydrogen-bond acceptors (Lipinski definition) is 6. The molecule has 3 heterocycles. The maximum Gasteiger partial charge on any atom is 0.184 e. The van der Waals surface area contributed by atoms with Crippen LogP contribution < -0.4 is 5.73 Å². The van der Waals surface area contributed by atoms with Gasteiger partial charge in [0.1, 0.15) is 0 Å². The summed E-state index contributed by atoms with van der Waals surface area (Å²) >= 11 is 6.40. The average molecular weight is 279 g/mol. The van der Waals surface area contributed by atoms with Crippen LogP contribution in [0.4, 0.5) is 5.00 Å². The summed E-state index contributed by atoms with van der Waals surface area (Å²) < 4.78 is 6.27. The van der Waals surface area contributed by atoms with Gasteiger partial charge in [-0.1, -0.05) is 11.3 Å². The molecule has 3 rings (SSSR count). The lowest BCUT2D eigenvalue weighted by molar-refractivity contribution is -0.0418. The van der Waals surface area contributed by atoms with Gasteiger partial charge >= 0.3 is 0 Å². The van der Waals surface area contributed by atoms with Gasteiger partial charge in [0.15, 0.2) is 9.60 Å². The first kappa shape index (κ1) is 12.0. The maximum atomic E-state index is 6.00. The Morgan fingerprint density at radius 3 is 3.00 bits per heavy atom. The number of nitrogens with two attached hydrogens (primary N) is 1. The van der Waals surface area contributed by atoms with E-state index in [-0.39, 0.29) is 5.60 Å². The molecular weight excluding hydrogens is 266 g/mol. The average Bonchev–Trinajstić information content (AvgIpc) is 2.26. The molecule has 0 aromatic carbocycles. The Hall–Kier alpha value is -1.11. The summed E-state index contributed by atoms with van der Waals surface area (Å²) in [5, 5.41) is 1.58. The third-order valence-electron chi connectivity index (χ3n) is 3.05. The van der Waals surface area contributed by atoms with Gasteiger partial charge in [0.2, 0.25) is 0 Å². The molecular formula is C12H13N3OS2. The highest BCUT2D eigenvalue weighted by atomic mass is 32.1. The molecule has 0 spiro atoms. The summed E-state index contributed by atoms with van der Waals surface area (Å²) in [5.74, 6) is 0. The van der Waals surface area contributed by atoms with Gasteiger partial charge < -0.3 is 10.5 Å². The molecule has 0 unspecified atom stereocenters. The summed E-state index contributed by atoms with van der Waals surface area (Å²) in [6.45, 7) is 4.68. The van der Waals surface area contributed by atoms with E-state index in [1.54, 1.807) is 0 Å². The molecule has 6 heteroatoms. The minimum atomic E-state index is -0.147. The largest absolute Gasteiger partial charge is 0.390 e. The van der Waals surface area contributed by atoms with Crippen molar-refractivity contribution in [3.63, 3.8) is 0 Å². The van der Waals surface area contributed by atoms with Crippen LogP contribution in [0.3, 0.4) is 0 Å². The molecule has 1 aliphatic heterocycles. The monoisotopic (exact) mass is 279 g/mol. The summed E-state index contributed by atoms with van der Waals surface area (Å²) in [7, 11) is 0. The Bertz CT molecular complexity index is 694. The van der Waals surface area contributed by atoms with Crippen LogP contribution in [-0.2, 0) is 17.8 Å². The highest BCUT2D eigenvalue weighted by Crippen LogP contribution is 2.31. The zero-order chi connectivity index (χ0) is 12.9. The van der Waals surface area contributed by atoms with Gasteiger partial charge in [0, 0.05) is 6.42 Å². The molecule has 0 saturated heterocycles. The molecule has 0 aliphatic carbocycles. The molecule has 1 aliphatic rings. The Kier molecular flexibility index (Phi) is 2.62. The van der Waals surface area contributed by atoms with Crippen LogP contribution in [0.15, 0.2) is 6.07 Å². The molecule has 18 heavy (non-hydrogen) atoms. The van der Waals surface area contributed by atoms with E-state index < -0.39 is 0 Å². The standard InChI is InChI=1S/C12H13N3OS2/c1-12(2)4-6-3-7-9(13)18-11(17)15-10(7)14-8(6)5-16-12/h3H,4-5,13H2,1-2H3. The van der Waals surface area contributed by atoms with Crippen molar-refractivity contribution in [3.8, 4) is 0 Å². The summed E-state index contributed by atoms with van der Waals surface area (Å²) in [4.78, 5) is 8.79. The van der Waals surface area contributed by atoms with E-state index in [0.29, 0.717) is 21.2 Å². The molecule has 0 atom stereocenters. The predicted octanol–water partition coefficient (Wildman–Crippen LogP) is 2.85. The van der Waals surface area contributed by atoms with E-state index in [1.807, 2.05) is 0 Å².